The van der Waals surface area contributed by atoms with E-state index in [4.69, 9.17) is 5.73 Å². The summed E-state index contributed by atoms with van der Waals surface area (Å²) in [5.41, 5.74) is 6.82. The Bertz CT molecular complexity index is 407. The minimum atomic E-state index is -0.365. The van der Waals surface area contributed by atoms with Crippen LogP contribution >= 0.6 is 0 Å². The van der Waals surface area contributed by atoms with E-state index < -0.39 is 0 Å². The zero-order valence-corrected chi connectivity index (χ0v) is 11.2. The number of pyridine rings is 1. The molecule has 0 saturated heterocycles. The Balaban J connectivity index is 2.80. The predicted molar refractivity (Wildman–Crippen MR) is 71.7 cm³/mol. The molecule has 0 saturated carbocycles. The van der Waals surface area contributed by atoms with Gasteiger partial charge in [0, 0.05) is 12.6 Å². The Morgan fingerprint density at radius 3 is 2.78 bits per heavy atom. The lowest BCUT2D eigenvalue weighted by Gasteiger charge is -2.17. The van der Waals surface area contributed by atoms with Crippen molar-refractivity contribution in [1.82, 2.24) is 4.98 Å². The second-order valence-electron chi connectivity index (χ2n) is 4.19. The highest BCUT2D eigenvalue weighted by Gasteiger charge is 2.12. The summed E-state index contributed by atoms with van der Waals surface area (Å²) < 4.78 is 4.68. The fourth-order valence-corrected chi connectivity index (χ4v) is 1.77. The lowest BCUT2D eigenvalue weighted by molar-refractivity contribution is 0.0599. The predicted octanol–water partition coefficient (Wildman–Crippen LogP) is 1.72. The smallest absolute Gasteiger partial charge is 0.339 e. The number of hydrogen-bond donors (Lipinski definition) is 2. The van der Waals surface area contributed by atoms with Gasteiger partial charge in [0.2, 0.25) is 0 Å². The summed E-state index contributed by atoms with van der Waals surface area (Å²) in [7, 11) is 1.36. The van der Waals surface area contributed by atoms with E-state index >= 15 is 0 Å². The molecule has 1 unspecified atom stereocenters. The first kappa shape index (κ1) is 14.4. The van der Waals surface area contributed by atoms with Gasteiger partial charge in [0.25, 0.3) is 0 Å². The molecule has 1 heterocycles. The molecule has 1 aromatic rings. The normalized spacial score (nSPS) is 12.0. The first-order valence-corrected chi connectivity index (χ1v) is 6.14. The number of esters is 1. The second-order valence-corrected chi connectivity index (χ2v) is 4.19. The summed E-state index contributed by atoms with van der Waals surface area (Å²) in [6.07, 6.45) is 2.06. The average Bonchev–Trinajstić information content (AvgIpc) is 2.37. The van der Waals surface area contributed by atoms with Crippen LogP contribution in [0.1, 0.15) is 35.8 Å². The zero-order valence-electron chi connectivity index (χ0n) is 11.2. The lowest BCUT2D eigenvalue weighted by atomic mass is 10.1. The van der Waals surface area contributed by atoms with Crippen molar-refractivity contribution < 1.29 is 9.53 Å². The van der Waals surface area contributed by atoms with Crippen molar-refractivity contribution in [3.8, 4) is 0 Å². The third-order valence-corrected chi connectivity index (χ3v) is 2.76. The lowest BCUT2D eigenvalue weighted by Crippen LogP contribution is -2.29. The number of carbonyl (C=O) groups is 1. The van der Waals surface area contributed by atoms with Gasteiger partial charge in [-0.25, -0.2) is 9.78 Å². The number of aryl methyl sites for hydroxylation is 1. The van der Waals surface area contributed by atoms with E-state index in [0.717, 1.165) is 18.7 Å². The molecule has 0 aliphatic carbocycles. The van der Waals surface area contributed by atoms with E-state index in [1.807, 2.05) is 0 Å². The summed E-state index contributed by atoms with van der Waals surface area (Å²) in [4.78, 5) is 15.8. The molecule has 0 aromatic carbocycles. The van der Waals surface area contributed by atoms with Gasteiger partial charge in [-0.2, -0.15) is 0 Å². The highest BCUT2D eigenvalue weighted by molar-refractivity contribution is 5.90. The monoisotopic (exact) mass is 251 g/mol. The number of nitrogens with one attached hydrogen (secondary N) is 1. The fraction of sp³-hybridized carbons (Fsp3) is 0.538. The van der Waals surface area contributed by atoms with Gasteiger partial charge in [-0.05, 0) is 25.5 Å². The molecule has 3 N–H and O–H groups in total. The van der Waals surface area contributed by atoms with E-state index in [1.54, 1.807) is 19.1 Å². The van der Waals surface area contributed by atoms with Gasteiger partial charge in [-0.3, -0.25) is 0 Å². The highest BCUT2D eigenvalue weighted by atomic mass is 16.5. The van der Waals surface area contributed by atoms with Crippen LogP contribution in [0, 0.1) is 6.92 Å². The molecular formula is C13H21N3O2. The largest absolute Gasteiger partial charge is 0.465 e. The van der Waals surface area contributed by atoms with E-state index in [9.17, 15) is 4.79 Å². The van der Waals surface area contributed by atoms with Crippen molar-refractivity contribution in [2.45, 2.75) is 32.7 Å². The maximum atomic E-state index is 11.4. The van der Waals surface area contributed by atoms with Crippen molar-refractivity contribution in [3.05, 3.63) is 23.4 Å². The number of aromatic nitrogens is 1. The molecule has 5 heteroatoms. The third kappa shape index (κ3) is 3.70. The van der Waals surface area contributed by atoms with Gasteiger partial charge < -0.3 is 15.8 Å². The molecule has 1 atom stereocenters. The highest BCUT2D eigenvalue weighted by Crippen LogP contribution is 2.13. The average molecular weight is 251 g/mol. The number of anilines is 1. The van der Waals surface area contributed by atoms with Gasteiger partial charge >= 0.3 is 5.97 Å². The number of ether oxygens (including phenoxy) is 1. The summed E-state index contributed by atoms with van der Waals surface area (Å²) >= 11 is 0. The van der Waals surface area contributed by atoms with Crippen LogP contribution in [0.5, 0.6) is 0 Å². The molecule has 1 aromatic heterocycles. The topological polar surface area (TPSA) is 77.2 Å². The summed E-state index contributed by atoms with van der Waals surface area (Å²) in [5, 5.41) is 3.27. The molecule has 100 valence electrons. The summed E-state index contributed by atoms with van der Waals surface area (Å²) in [5.74, 6) is 0.375. The molecule has 0 fully saturated rings. The quantitative estimate of drug-likeness (QED) is 0.753. The standard InChI is InChI=1S/C13H21N3O2/c1-4-5-10(8-14)16-12-7-6-11(9(2)15-12)13(17)18-3/h6-7,10H,4-5,8,14H2,1-3H3,(H,15,16). The summed E-state index contributed by atoms with van der Waals surface area (Å²) in [6, 6.07) is 3.71. The minimum absolute atomic E-state index is 0.214. The van der Waals surface area contributed by atoms with Gasteiger partial charge in [0.1, 0.15) is 5.82 Å². The zero-order chi connectivity index (χ0) is 13.5. The number of nitrogens with two attached hydrogens (primary N) is 1. The number of rotatable bonds is 6. The Morgan fingerprint density at radius 2 is 2.28 bits per heavy atom. The van der Waals surface area contributed by atoms with Crippen LogP contribution in [0.3, 0.4) is 0 Å². The van der Waals surface area contributed by atoms with Gasteiger partial charge in [-0.15, -0.1) is 0 Å². The van der Waals surface area contributed by atoms with Gasteiger partial charge in [0.15, 0.2) is 0 Å². The number of hydrogen-bond acceptors (Lipinski definition) is 5. The molecule has 0 aliphatic heterocycles. The Hall–Kier alpha value is -1.62. The van der Waals surface area contributed by atoms with E-state index in [2.05, 4.69) is 22.0 Å². The summed E-state index contributed by atoms with van der Waals surface area (Å²) in [6.45, 7) is 4.46. The Kier molecular flexibility index (Phi) is 5.58. The molecule has 0 spiro atoms. The number of carbonyl (C=O) groups excluding carboxylic acids is 1. The number of methoxy groups -OCH3 is 1. The van der Waals surface area contributed by atoms with Crippen molar-refractivity contribution in [2.24, 2.45) is 5.73 Å². The molecule has 1 rings (SSSR count). The van der Waals surface area contributed by atoms with E-state index in [0.29, 0.717) is 17.8 Å². The maximum Gasteiger partial charge on any atom is 0.339 e. The second kappa shape index (κ2) is 6.96. The van der Waals surface area contributed by atoms with Crippen molar-refractivity contribution in [2.75, 3.05) is 19.0 Å². The molecule has 0 radical (unpaired) electrons. The SMILES string of the molecule is CCCC(CN)Nc1ccc(C(=O)OC)c(C)n1. The number of nitrogens with zero attached hydrogens (tertiary/aromatic N) is 1. The van der Waals surface area contributed by atoms with Crippen LogP contribution in [0.2, 0.25) is 0 Å². The molecule has 5 nitrogen and oxygen atoms in total. The fourth-order valence-electron chi connectivity index (χ4n) is 1.77. The Morgan fingerprint density at radius 1 is 1.56 bits per heavy atom. The van der Waals surface area contributed by atoms with Gasteiger partial charge in [0.05, 0.1) is 18.4 Å². The molecule has 0 aliphatic rings. The third-order valence-electron chi connectivity index (χ3n) is 2.76. The van der Waals surface area contributed by atoms with Crippen LogP contribution in [-0.2, 0) is 4.74 Å². The van der Waals surface area contributed by atoms with Crippen molar-refractivity contribution >= 4 is 11.8 Å². The molecule has 0 bridgehead atoms. The van der Waals surface area contributed by atoms with Gasteiger partial charge in [-0.1, -0.05) is 13.3 Å². The van der Waals surface area contributed by atoms with E-state index in [-0.39, 0.29) is 12.0 Å². The van der Waals surface area contributed by atoms with Crippen LogP contribution < -0.4 is 11.1 Å². The first-order valence-electron chi connectivity index (χ1n) is 6.14. The van der Waals surface area contributed by atoms with Crippen LogP contribution in [0.4, 0.5) is 5.82 Å². The maximum absolute atomic E-state index is 11.4. The molecule has 18 heavy (non-hydrogen) atoms. The van der Waals surface area contributed by atoms with Crippen LogP contribution in [0.25, 0.3) is 0 Å². The van der Waals surface area contributed by atoms with E-state index in [1.165, 1.54) is 7.11 Å². The van der Waals surface area contributed by atoms with Crippen molar-refractivity contribution in [3.63, 3.8) is 0 Å². The minimum Gasteiger partial charge on any atom is -0.465 e. The molecular weight excluding hydrogens is 230 g/mol. The molecule has 0 amide bonds. The van der Waals surface area contributed by atoms with Crippen LogP contribution in [-0.4, -0.2) is 30.6 Å². The first-order chi connectivity index (χ1) is 8.62. The Labute approximate surface area is 108 Å². The van der Waals surface area contributed by atoms with Crippen molar-refractivity contribution in [1.29, 1.82) is 0 Å². The van der Waals surface area contributed by atoms with Crippen LogP contribution in [0.15, 0.2) is 12.1 Å².